The third-order valence-electron chi connectivity index (χ3n) is 6.51. The molecular formula is C26H37ClN4O4. The number of aliphatic hydroxyl groups excluding tert-OH is 1. The largest absolute Gasteiger partial charge is 0.390 e. The number of carbonyl (C=O) groups excluding carboxylic acids is 3. The molecule has 1 heterocycles. The number of hydrogen-bond acceptors (Lipinski definition) is 5. The minimum Gasteiger partial charge on any atom is -0.390 e. The van der Waals surface area contributed by atoms with Gasteiger partial charge in [0.1, 0.15) is 5.54 Å². The summed E-state index contributed by atoms with van der Waals surface area (Å²) < 4.78 is 0. The zero-order chi connectivity index (χ0) is 24.9. The summed E-state index contributed by atoms with van der Waals surface area (Å²) in [7, 11) is 0. The van der Waals surface area contributed by atoms with Crippen LogP contribution in [0, 0.1) is 5.41 Å². The van der Waals surface area contributed by atoms with Crippen molar-refractivity contribution in [3.8, 4) is 0 Å². The molecule has 2 aromatic rings. The molecule has 8 nitrogen and oxygen atoms in total. The molecule has 0 saturated carbocycles. The molecule has 5 N–H and O–H groups in total. The van der Waals surface area contributed by atoms with Crippen LogP contribution in [0.4, 0.5) is 0 Å². The van der Waals surface area contributed by atoms with E-state index in [-0.39, 0.29) is 37.8 Å². The summed E-state index contributed by atoms with van der Waals surface area (Å²) in [6, 6.07) is 13.3. The summed E-state index contributed by atoms with van der Waals surface area (Å²) in [5.41, 5.74) is 4.33. The molecule has 3 rings (SSSR count). The number of benzene rings is 2. The molecular weight excluding hydrogens is 468 g/mol. The van der Waals surface area contributed by atoms with Gasteiger partial charge in [-0.25, -0.2) is 0 Å². The number of nitrogens with zero attached hydrogens (tertiary/aromatic N) is 1. The summed E-state index contributed by atoms with van der Waals surface area (Å²) in [5, 5.41) is 17.6. The SMILES string of the molecule is CC(C)(C)C(=O)N1CCCC1[C@](Cc1ccc2ccccc2c1)(NC=O)C(=O)NCC(O)CN.Cl. The summed E-state index contributed by atoms with van der Waals surface area (Å²) in [5.74, 6) is -0.515. The summed E-state index contributed by atoms with van der Waals surface area (Å²) in [6.45, 7) is 6.01. The van der Waals surface area contributed by atoms with Gasteiger partial charge in [-0.05, 0) is 29.2 Å². The number of carbonyl (C=O) groups is 3. The van der Waals surface area contributed by atoms with Gasteiger partial charge in [0.15, 0.2) is 0 Å². The second-order valence-electron chi connectivity index (χ2n) is 10.1. The quantitative estimate of drug-likeness (QED) is 0.387. The smallest absolute Gasteiger partial charge is 0.248 e. The van der Waals surface area contributed by atoms with Gasteiger partial charge in [-0.1, -0.05) is 63.2 Å². The molecule has 1 aliphatic heterocycles. The van der Waals surface area contributed by atoms with E-state index in [1.54, 1.807) is 4.90 Å². The normalized spacial score (nSPS) is 18.3. The molecule has 35 heavy (non-hydrogen) atoms. The van der Waals surface area contributed by atoms with E-state index in [0.29, 0.717) is 19.4 Å². The maximum atomic E-state index is 13.7. The number of nitrogens with two attached hydrogens (primary N) is 1. The third kappa shape index (κ3) is 6.31. The Labute approximate surface area is 213 Å². The first-order chi connectivity index (χ1) is 16.1. The van der Waals surface area contributed by atoms with Crippen molar-refractivity contribution in [3.63, 3.8) is 0 Å². The Morgan fingerprint density at radius 2 is 1.89 bits per heavy atom. The van der Waals surface area contributed by atoms with Crippen LogP contribution in [0.5, 0.6) is 0 Å². The number of rotatable bonds is 9. The van der Waals surface area contributed by atoms with Crippen molar-refractivity contribution in [1.29, 1.82) is 0 Å². The van der Waals surface area contributed by atoms with Crippen LogP contribution in [-0.4, -0.2) is 65.5 Å². The Kier molecular flexibility index (Phi) is 9.66. The summed E-state index contributed by atoms with van der Waals surface area (Å²) in [4.78, 5) is 40.7. The Balaban J connectivity index is 0.00000432. The van der Waals surface area contributed by atoms with Gasteiger partial charge < -0.3 is 26.4 Å². The molecule has 0 bridgehead atoms. The number of halogens is 1. The zero-order valence-electron chi connectivity index (χ0n) is 20.6. The first-order valence-electron chi connectivity index (χ1n) is 11.8. The number of aliphatic hydroxyl groups is 1. The van der Waals surface area contributed by atoms with Gasteiger partial charge in [-0.3, -0.25) is 14.4 Å². The fourth-order valence-electron chi connectivity index (χ4n) is 4.74. The topological polar surface area (TPSA) is 125 Å². The summed E-state index contributed by atoms with van der Waals surface area (Å²) in [6.07, 6.45) is 1.11. The maximum absolute atomic E-state index is 13.7. The Morgan fingerprint density at radius 3 is 2.51 bits per heavy atom. The van der Waals surface area contributed by atoms with Gasteiger partial charge >= 0.3 is 0 Å². The molecule has 0 radical (unpaired) electrons. The van der Waals surface area contributed by atoms with Crippen LogP contribution in [-0.2, 0) is 20.8 Å². The van der Waals surface area contributed by atoms with Crippen molar-refractivity contribution in [2.75, 3.05) is 19.6 Å². The van der Waals surface area contributed by atoms with Crippen LogP contribution in [0.3, 0.4) is 0 Å². The third-order valence-corrected chi connectivity index (χ3v) is 6.51. The van der Waals surface area contributed by atoms with Gasteiger partial charge in [0, 0.05) is 31.5 Å². The van der Waals surface area contributed by atoms with Gasteiger partial charge in [-0.15, -0.1) is 12.4 Å². The highest BCUT2D eigenvalue weighted by molar-refractivity contribution is 5.92. The second kappa shape index (κ2) is 11.8. The van der Waals surface area contributed by atoms with Crippen molar-refractivity contribution < 1.29 is 19.5 Å². The molecule has 3 atom stereocenters. The highest BCUT2D eigenvalue weighted by Gasteiger charge is 2.52. The monoisotopic (exact) mass is 504 g/mol. The van der Waals surface area contributed by atoms with E-state index in [1.165, 1.54) is 0 Å². The van der Waals surface area contributed by atoms with Crippen molar-refractivity contribution in [2.24, 2.45) is 11.1 Å². The maximum Gasteiger partial charge on any atom is 0.248 e. The minimum atomic E-state index is -1.41. The molecule has 192 valence electrons. The fourth-order valence-corrected chi connectivity index (χ4v) is 4.74. The van der Waals surface area contributed by atoms with Gasteiger partial charge in [0.25, 0.3) is 0 Å². The molecule has 0 spiro atoms. The highest BCUT2D eigenvalue weighted by Crippen LogP contribution is 2.34. The minimum absolute atomic E-state index is 0. The van der Waals surface area contributed by atoms with E-state index in [1.807, 2.05) is 63.2 Å². The van der Waals surface area contributed by atoms with Crippen LogP contribution in [0.15, 0.2) is 42.5 Å². The number of fused-ring (bicyclic) bond motifs is 1. The molecule has 1 saturated heterocycles. The van der Waals surface area contributed by atoms with Crippen molar-refractivity contribution in [1.82, 2.24) is 15.5 Å². The van der Waals surface area contributed by atoms with Crippen LogP contribution in [0.25, 0.3) is 10.8 Å². The van der Waals surface area contributed by atoms with Gasteiger partial charge in [-0.2, -0.15) is 0 Å². The predicted molar refractivity (Wildman–Crippen MR) is 139 cm³/mol. The van der Waals surface area contributed by atoms with E-state index < -0.39 is 29.0 Å². The zero-order valence-corrected chi connectivity index (χ0v) is 21.4. The molecule has 2 aromatic carbocycles. The number of nitrogens with one attached hydrogen (secondary N) is 2. The lowest BCUT2D eigenvalue weighted by molar-refractivity contribution is -0.145. The highest BCUT2D eigenvalue weighted by atomic mass is 35.5. The summed E-state index contributed by atoms with van der Waals surface area (Å²) >= 11 is 0. The van der Waals surface area contributed by atoms with E-state index in [9.17, 15) is 19.5 Å². The van der Waals surface area contributed by atoms with Crippen LogP contribution >= 0.6 is 12.4 Å². The second-order valence-corrected chi connectivity index (χ2v) is 10.1. The van der Waals surface area contributed by atoms with E-state index >= 15 is 0 Å². The average molecular weight is 505 g/mol. The fraction of sp³-hybridized carbons (Fsp3) is 0.500. The van der Waals surface area contributed by atoms with E-state index in [0.717, 1.165) is 22.8 Å². The Morgan fingerprint density at radius 1 is 1.20 bits per heavy atom. The molecule has 0 aromatic heterocycles. The van der Waals surface area contributed by atoms with Crippen molar-refractivity contribution in [3.05, 3.63) is 48.0 Å². The van der Waals surface area contributed by atoms with Crippen LogP contribution in [0.1, 0.15) is 39.2 Å². The Hall–Kier alpha value is -2.68. The molecule has 1 fully saturated rings. The first kappa shape index (κ1) is 28.6. The Bertz CT molecular complexity index is 1040. The molecule has 1 aliphatic rings. The lowest BCUT2D eigenvalue weighted by Gasteiger charge is -2.43. The number of hydrogen-bond donors (Lipinski definition) is 4. The molecule has 3 amide bonds. The van der Waals surface area contributed by atoms with E-state index in [2.05, 4.69) is 10.6 Å². The molecule has 9 heteroatoms. The predicted octanol–water partition coefficient (Wildman–Crippen LogP) is 1.76. The van der Waals surface area contributed by atoms with Gasteiger partial charge in [0.05, 0.1) is 12.1 Å². The molecule has 2 unspecified atom stereocenters. The number of likely N-dealkylation sites (tertiary alicyclic amines) is 1. The van der Waals surface area contributed by atoms with E-state index in [4.69, 9.17) is 5.73 Å². The lowest BCUT2D eigenvalue weighted by Crippen LogP contribution is -2.69. The van der Waals surface area contributed by atoms with Crippen LogP contribution in [0.2, 0.25) is 0 Å². The average Bonchev–Trinajstić information content (AvgIpc) is 3.31. The lowest BCUT2D eigenvalue weighted by atomic mass is 9.80. The first-order valence-corrected chi connectivity index (χ1v) is 11.8. The number of amides is 3. The standard InChI is InChI=1S/C26H36N4O4.ClH/c1-25(2,3)24(34)30-12-6-9-22(30)26(29-17-31,23(33)28-16-21(32)15-27)14-18-10-11-19-7-4-5-8-20(19)13-18;/h4-5,7-8,10-11,13,17,21-22,32H,6,9,12,14-16,27H2,1-3H3,(H,28,33)(H,29,31);1H/t21?,22?,26-;/m0./s1. The van der Waals surface area contributed by atoms with Crippen molar-refractivity contribution in [2.45, 2.75) is 57.7 Å². The van der Waals surface area contributed by atoms with Crippen LogP contribution < -0.4 is 16.4 Å². The van der Waals surface area contributed by atoms with Gasteiger partial charge in [0.2, 0.25) is 18.2 Å². The molecule has 0 aliphatic carbocycles. The van der Waals surface area contributed by atoms with Crippen molar-refractivity contribution >= 4 is 41.4 Å².